The number of sulfonamides is 1. The molecule has 0 spiro atoms. The normalized spacial score (nSPS) is 15.3. The molecule has 8 nitrogen and oxygen atoms in total. The maximum Gasteiger partial charge on any atom is 0.410 e. The second-order valence-electron chi connectivity index (χ2n) is 11.7. The lowest BCUT2D eigenvalue weighted by atomic mass is 10.0. The number of aryl methyl sites for hydroxylation is 4. The van der Waals surface area contributed by atoms with Gasteiger partial charge in [-0.2, -0.15) is 0 Å². The number of carbonyl (C=O) groups is 2. The molecule has 0 bridgehead atoms. The van der Waals surface area contributed by atoms with Gasteiger partial charge in [0, 0.05) is 30.0 Å². The number of hydrogen-bond donors (Lipinski definition) is 1. The number of nitrogens with one attached hydrogen (secondary N) is 1. The molecule has 2 heterocycles. The van der Waals surface area contributed by atoms with Gasteiger partial charge in [0.15, 0.2) is 0 Å². The Bertz CT molecular complexity index is 1700. The van der Waals surface area contributed by atoms with Crippen molar-refractivity contribution in [2.45, 2.75) is 71.6 Å². The fourth-order valence-electron chi connectivity index (χ4n) is 6.12. The Labute approximate surface area is 260 Å². The molecule has 2 amide bonds. The number of piperidine rings is 1. The number of fused-ring (bicyclic) bond motifs is 1. The lowest BCUT2D eigenvalue weighted by Crippen LogP contribution is -2.45. The van der Waals surface area contributed by atoms with E-state index in [1.807, 2.05) is 85.1 Å². The zero-order valence-electron chi connectivity index (χ0n) is 25.5. The van der Waals surface area contributed by atoms with Gasteiger partial charge in [-0.3, -0.25) is 4.79 Å². The first-order valence-electron chi connectivity index (χ1n) is 15.4. The summed E-state index contributed by atoms with van der Waals surface area (Å²) in [6.45, 7) is 5.13. The van der Waals surface area contributed by atoms with Crippen LogP contribution in [-0.4, -0.2) is 48.2 Å². The molecule has 1 aliphatic heterocycles. The standard InChI is InChI=1S/C35H41N3O5S/c1-26-18-19-31-27(2)33(38(32(31)24-26)22-11-16-28-12-5-3-6-13-28)34(39)36-44(41,42)23-20-30-17-9-10-21-37(30)35(40)43-25-29-14-7-4-8-15-29/h3-8,12-15,18-19,24,30H,9-11,16-17,20-23,25H2,1-2H3,(H,36,39)/t30-/m0/s1. The van der Waals surface area contributed by atoms with E-state index in [0.717, 1.165) is 53.3 Å². The van der Waals surface area contributed by atoms with Gasteiger partial charge < -0.3 is 14.2 Å². The molecule has 1 fully saturated rings. The number of carbonyl (C=O) groups excluding carboxylic acids is 2. The molecule has 5 rings (SSSR count). The molecule has 9 heteroatoms. The summed E-state index contributed by atoms with van der Waals surface area (Å²) in [6, 6.07) is 25.4. The van der Waals surface area contributed by atoms with Crippen LogP contribution in [0.3, 0.4) is 0 Å². The summed E-state index contributed by atoms with van der Waals surface area (Å²) in [7, 11) is -3.97. The number of ether oxygens (including phenoxy) is 1. The van der Waals surface area contributed by atoms with E-state index in [1.54, 1.807) is 4.90 Å². The van der Waals surface area contributed by atoms with Crippen LogP contribution >= 0.6 is 0 Å². The Morgan fingerprint density at radius 3 is 2.36 bits per heavy atom. The number of likely N-dealkylation sites (tertiary alicyclic amines) is 1. The molecule has 4 aromatic rings. The first-order chi connectivity index (χ1) is 21.2. The zero-order chi connectivity index (χ0) is 31.1. The predicted octanol–water partition coefficient (Wildman–Crippen LogP) is 6.53. The predicted molar refractivity (Wildman–Crippen MR) is 173 cm³/mol. The number of rotatable bonds is 11. The van der Waals surface area contributed by atoms with Crippen molar-refractivity contribution in [2.24, 2.45) is 0 Å². The highest BCUT2D eigenvalue weighted by molar-refractivity contribution is 7.90. The Hall–Kier alpha value is -4.11. The third kappa shape index (κ3) is 7.69. The lowest BCUT2D eigenvalue weighted by molar-refractivity contribution is 0.0672. The van der Waals surface area contributed by atoms with Crippen LogP contribution < -0.4 is 4.72 Å². The monoisotopic (exact) mass is 615 g/mol. The van der Waals surface area contributed by atoms with E-state index in [9.17, 15) is 18.0 Å². The smallest absolute Gasteiger partial charge is 0.410 e. The van der Waals surface area contributed by atoms with Crippen LogP contribution in [0.2, 0.25) is 0 Å². The molecule has 0 radical (unpaired) electrons. The molecule has 44 heavy (non-hydrogen) atoms. The SMILES string of the molecule is Cc1ccc2c(C)c(C(=O)NS(=O)(=O)CC[C@@H]3CCCCN3C(=O)OCc3ccccc3)n(CCCc3ccccc3)c2c1. The van der Waals surface area contributed by atoms with Gasteiger partial charge in [0.05, 0.1) is 5.75 Å². The van der Waals surface area contributed by atoms with Gasteiger partial charge in [-0.05, 0) is 80.7 Å². The Morgan fingerprint density at radius 2 is 1.64 bits per heavy atom. The molecule has 0 unspecified atom stereocenters. The molecule has 232 valence electrons. The van der Waals surface area contributed by atoms with E-state index in [2.05, 4.69) is 16.9 Å². The molecular formula is C35H41N3O5S. The van der Waals surface area contributed by atoms with E-state index in [1.165, 1.54) is 5.56 Å². The maximum atomic E-state index is 13.6. The fraction of sp³-hybridized carbons (Fsp3) is 0.371. The number of amides is 2. The van der Waals surface area contributed by atoms with Crippen molar-refractivity contribution in [1.29, 1.82) is 0 Å². The van der Waals surface area contributed by atoms with Crippen LogP contribution in [0.15, 0.2) is 78.9 Å². The summed E-state index contributed by atoms with van der Waals surface area (Å²) < 4.78 is 36.4. The van der Waals surface area contributed by atoms with E-state index >= 15 is 0 Å². The molecule has 1 aromatic heterocycles. The van der Waals surface area contributed by atoms with Crippen LogP contribution in [0.4, 0.5) is 4.79 Å². The molecule has 0 aliphatic carbocycles. The van der Waals surface area contributed by atoms with Crippen LogP contribution in [-0.2, 0) is 34.3 Å². The van der Waals surface area contributed by atoms with Gasteiger partial charge in [-0.1, -0.05) is 72.8 Å². The average Bonchev–Trinajstić information content (AvgIpc) is 3.30. The summed E-state index contributed by atoms with van der Waals surface area (Å²) >= 11 is 0. The van der Waals surface area contributed by atoms with Crippen LogP contribution in [0.5, 0.6) is 0 Å². The molecule has 1 saturated heterocycles. The van der Waals surface area contributed by atoms with Crippen LogP contribution in [0.25, 0.3) is 10.9 Å². The topological polar surface area (TPSA) is 97.7 Å². The minimum Gasteiger partial charge on any atom is -0.445 e. The quantitative estimate of drug-likeness (QED) is 0.207. The number of nitrogens with zero attached hydrogens (tertiary/aromatic N) is 2. The average molecular weight is 616 g/mol. The highest BCUT2D eigenvalue weighted by Gasteiger charge is 2.30. The van der Waals surface area contributed by atoms with Gasteiger partial charge >= 0.3 is 6.09 Å². The molecule has 1 atom stereocenters. The second-order valence-corrected chi connectivity index (χ2v) is 13.5. The highest BCUT2D eigenvalue weighted by Crippen LogP contribution is 2.28. The molecule has 3 aromatic carbocycles. The Balaban J connectivity index is 1.26. The number of aromatic nitrogens is 1. The highest BCUT2D eigenvalue weighted by atomic mass is 32.2. The van der Waals surface area contributed by atoms with Gasteiger partial charge in [-0.25, -0.2) is 17.9 Å². The minimum atomic E-state index is -3.97. The van der Waals surface area contributed by atoms with Gasteiger partial charge in [0.2, 0.25) is 10.0 Å². The molecule has 1 aliphatic rings. The van der Waals surface area contributed by atoms with Crippen LogP contribution in [0, 0.1) is 13.8 Å². The van der Waals surface area contributed by atoms with Gasteiger partial charge in [-0.15, -0.1) is 0 Å². The molecular weight excluding hydrogens is 574 g/mol. The van der Waals surface area contributed by atoms with E-state index in [-0.39, 0.29) is 24.8 Å². The summed E-state index contributed by atoms with van der Waals surface area (Å²) in [4.78, 5) is 28.2. The summed E-state index contributed by atoms with van der Waals surface area (Å²) in [5.74, 6) is -0.892. The van der Waals surface area contributed by atoms with Crippen molar-refractivity contribution in [3.05, 3.63) is 107 Å². The first-order valence-corrected chi connectivity index (χ1v) is 17.0. The summed E-state index contributed by atoms with van der Waals surface area (Å²) in [5.41, 5.74) is 5.22. The van der Waals surface area contributed by atoms with E-state index in [4.69, 9.17) is 4.74 Å². The second kappa shape index (κ2) is 14.1. The summed E-state index contributed by atoms with van der Waals surface area (Å²) in [5, 5.41) is 0.935. The van der Waals surface area contributed by atoms with Crippen molar-refractivity contribution in [2.75, 3.05) is 12.3 Å². The first kappa shape index (κ1) is 31.3. The summed E-state index contributed by atoms with van der Waals surface area (Å²) in [6.07, 6.45) is 3.86. The molecule has 1 N–H and O–H groups in total. The largest absolute Gasteiger partial charge is 0.445 e. The van der Waals surface area contributed by atoms with E-state index in [0.29, 0.717) is 25.2 Å². The molecule has 0 saturated carbocycles. The Morgan fingerprint density at radius 1 is 0.932 bits per heavy atom. The van der Waals surface area contributed by atoms with Crippen molar-refractivity contribution >= 4 is 32.9 Å². The van der Waals surface area contributed by atoms with Crippen molar-refractivity contribution < 1.29 is 22.7 Å². The van der Waals surface area contributed by atoms with Crippen molar-refractivity contribution in [3.8, 4) is 0 Å². The number of hydrogen-bond acceptors (Lipinski definition) is 5. The minimum absolute atomic E-state index is 0.162. The van der Waals surface area contributed by atoms with Crippen molar-refractivity contribution in [1.82, 2.24) is 14.2 Å². The Kier molecular flexibility index (Phi) is 10.0. The van der Waals surface area contributed by atoms with E-state index < -0.39 is 22.0 Å². The lowest BCUT2D eigenvalue weighted by Gasteiger charge is -2.34. The van der Waals surface area contributed by atoms with Gasteiger partial charge in [0.25, 0.3) is 5.91 Å². The number of benzene rings is 3. The maximum absolute atomic E-state index is 13.6. The third-order valence-electron chi connectivity index (χ3n) is 8.41. The van der Waals surface area contributed by atoms with Gasteiger partial charge in [0.1, 0.15) is 12.3 Å². The third-order valence-corrected chi connectivity index (χ3v) is 9.68. The zero-order valence-corrected chi connectivity index (χ0v) is 26.3. The van der Waals surface area contributed by atoms with Crippen molar-refractivity contribution in [3.63, 3.8) is 0 Å². The van der Waals surface area contributed by atoms with Crippen LogP contribution in [0.1, 0.15) is 64.8 Å². The fourth-order valence-corrected chi connectivity index (χ4v) is 7.18.